The van der Waals surface area contributed by atoms with Crippen LogP contribution in [0.25, 0.3) is 6.08 Å². The number of barbiturate groups is 1. The minimum atomic E-state index is -1.05. The number of nitrogens with zero attached hydrogens (tertiary/aromatic N) is 2. The van der Waals surface area contributed by atoms with Crippen molar-refractivity contribution in [2.45, 2.75) is 6.92 Å². The number of benzene rings is 3. The smallest absolute Gasteiger partial charge is 0.335 e. The topological polar surface area (TPSA) is 157 Å². The van der Waals surface area contributed by atoms with E-state index in [0.29, 0.717) is 25.6 Å². The maximum absolute atomic E-state index is 13.2. The van der Waals surface area contributed by atoms with Crippen LogP contribution in [0.15, 0.2) is 70.7 Å². The van der Waals surface area contributed by atoms with Crippen LogP contribution < -0.4 is 25.0 Å². The number of non-ortho nitro benzene ring substituents is 1. The number of urea groups is 1. The number of halogens is 2. The molecule has 2 N–H and O–H groups in total. The Bertz CT molecular complexity index is 1590. The van der Waals surface area contributed by atoms with Gasteiger partial charge in [-0.25, -0.2) is 9.69 Å². The first kappa shape index (κ1) is 29.2. The van der Waals surface area contributed by atoms with E-state index >= 15 is 0 Å². The van der Waals surface area contributed by atoms with Gasteiger partial charge < -0.3 is 14.8 Å². The number of carbonyl (C=O) groups is 4. The molecule has 1 heterocycles. The lowest BCUT2D eigenvalue weighted by molar-refractivity contribution is -0.384. The number of ether oxygens (including phenoxy) is 2. The van der Waals surface area contributed by atoms with Gasteiger partial charge in [-0.1, -0.05) is 17.7 Å². The van der Waals surface area contributed by atoms with Gasteiger partial charge in [0.1, 0.15) is 5.57 Å². The molecule has 1 fully saturated rings. The summed E-state index contributed by atoms with van der Waals surface area (Å²) in [6, 6.07) is 13.4. The molecule has 0 unspecified atom stereocenters. The van der Waals surface area contributed by atoms with Crippen LogP contribution in [0.4, 0.5) is 21.9 Å². The van der Waals surface area contributed by atoms with E-state index in [9.17, 15) is 29.3 Å². The standard InChI is InChI=1S/C27H20BrClN4O8/c1-2-40-22-12-15(11-21(28)24(22)41-14-23(34)30-17-8-6-16(29)7-9-17)10-20-25(35)31-27(37)32(26(20)36)18-4-3-5-19(13-18)33(38)39/h3-13H,2,14H2,1H3,(H,30,34)(H,31,35,37)/b20-10+. The van der Waals surface area contributed by atoms with Gasteiger partial charge in [0.05, 0.1) is 21.7 Å². The molecule has 1 aliphatic rings. The Balaban J connectivity index is 1.59. The molecule has 3 aromatic rings. The second-order valence-corrected chi connectivity index (χ2v) is 9.63. The number of anilines is 2. The van der Waals surface area contributed by atoms with Crippen LogP contribution in [-0.4, -0.2) is 41.9 Å². The number of nitrogens with one attached hydrogen (secondary N) is 2. The zero-order valence-electron chi connectivity index (χ0n) is 21.2. The molecule has 4 rings (SSSR count). The van der Waals surface area contributed by atoms with Gasteiger partial charge in [-0.3, -0.25) is 29.8 Å². The Morgan fingerprint density at radius 3 is 2.54 bits per heavy atom. The first-order valence-corrected chi connectivity index (χ1v) is 13.0. The van der Waals surface area contributed by atoms with Gasteiger partial charge in [0.15, 0.2) is 18.1 Å². The largest absolute Gasteiger partial charge is 0.490 e. The van der Waals surface area contributed by atoms with Crippen LogP contribution in [0.2, 0.25) is 5.02 Å². The molecule has 1 aliphatic heterocycles. The zero-order valence-corrected chi connectivity index (χ0v) is 23.5. The Labute approximate surface area is 246 Å². The molecule has 0 radical (unpaired) electrons. The maximum atomic E-state index is 13.2. The molecule has 41 heavy (non-hydrogen) atoms. The van der Waals surface area contributed by atoms with E-state index in [2.05, 4.69) is 26.6 Å². The monoisotopic (exact) mass is 642 g/mol. The number of nitro groups is 1. The quantitative estimate of drug-likeness (QED) is 0.141. The van der Waals surface area contributed by atoms with Crippen LogP contribution >= 0.6 is 27.5 Å². The first-order valence-electron chi connectivity index (χ1n) is 11.9. The molecule has 1 saturated heterocycles. The summed E-state index contributed by atoms with van der Waals surface area (Å²) in [5.74, 6) is -1.96. The van der Waals surface area contributed by atoms with E-state index in [0.717, 1.165) is 6.07 Å². The molecule has 0 bridgehead atoms. The molecule has 0 spiro atoms. The van der Waals surface area contributed by atoms with E-state index in [4.69, 9.17) is 21.1 Å². The van der Waals surface area contributed by atoms with E-state index in [1.807, 2.05) is 0 Å². The molecule has 5 amide bonds. The van der Waals surface area contributed by atoms with Crippen molar-refractivity contribution >= 4 is 74.4 Å². The molecule has 12 nitrogen and oxygen atoms in total. The normalized spacial score (nSPS) is 14.1. The summed E-state index contributed by atoms with van der Waals surface area (Å²) in [5.41, 5.74) is 0.0267. The Hall–Kier alpha value is -4.75. The summed E-state index contributed by atoms with van der Waals surface area (Å²) in [6.45, 7) is 1.61. The van der Waals surface area contributed by atoms with Gasteiger partial charge in [0.25, 0.3) is 23.4 Å². The molecule has 0 atom stereocenters. The number of imide groups is 2. The lowest BCUT2D eigenvalue weighted by atomic mass is 10.1. The van der Waals surface area contributed by atoms with Gasteiger partial charge in [-0.15, -0.1) is 0 Å². The van der Waals surface area contributed by atoms with Crippen LogP contribution in [0.1, 0.15) is 12.5 Å². The van der Waals surface area contributed by atoms with E-state index < -0.39 is 34.2 Å². The van der Waals surface area contributed by atoms with Crippen molar-refractivity contribution in [3.63, 3.8) is 0 Å². The predicted molar refractivity (Wildman–Crippen MR) is 153 cm³/mol. The predicted octanol–water partition coefficient (Wildman–Crippen LogP) is 5.09. The fourth-order valence-electron chi connectivity index (χ4n) is 3.75. The molecule has 0 aliphatic carbocycles. The van der Waals surface area contributed by atoms with Crippen molar-refractivity contribution in [2.24, 2.45) is 0 Å². The third-order valence-corrected chi connectivity index (χ3v) is 6.36. The highest BCUT2D eigenvalue weighted by molar-refractivity contribution is 9.10. The first-order chi connectivity index (χ1) is 19.6. The summed E-state index contributed by atoms with van der Waals surface area (Å²) in [7, 11) is 0. The molecular weight excluding hydrogens is 624 g/mol. The highest BCUT2D eigenvalue weighted by atomic mass is 79.9. The molecule has 210 valence electrons. The number of hydrogen-bond acceptors (Lipinski definition) is 8. The fraction of sp³-hybridized carbons (Fsp3) is 0.111. The van der Waals surface area contributed by atoms with Crippen molar-refractivity contribution in [3.05, 3.63) is 91.4 Å². The average Bonchev–Trinajstić information content (AvgIpc) is 2.92. The second kappa shape index (κ2) is 12.6. The van der Waals surface area contributed by atoms with Crippen molar-refractivity contribution in [1.29, 1.82) is 0 Å². The van der Waals surface area contributed by atoms with Crippen LogP contribution in [0.5, 0.6) is 11.5 Å². The summed E-state index contributed by atoms with van der Waals surface area (Å²) in [5, 5.41) is 16.4. The fourth-order valence-corrected chi connectivity index (χ4v) is 4.45. The van der Waals surface area contributed by atoms with Crippen molar-refractivity contribution in [2.75, 3.05) is 23.4 Å². The SMILES string of the molecule is CCOc1cc(/C=C2\C(=O)NC(=O)N(c3cccc([N+](=O)[O-])c3)C2=O)cc(Br)c1OCC(=O)Nc1ccc(Cl)cc1. The van der Waals surface area contributed by atoms with E-state index in [1.54, 1.807) is 31.2 Å². The van der Waals surface area contributed by atoms with Gasteiger partial charge >= 0.3 is 6.03 Å². The van der Waals surface area contributed by atoms with Gasteiger partial charge in [0, 0.05) is 22.8 Å². The lowest BCUT2D eigenvalue weighted by Crippen LogP contribution is -2.54. The van der Waals surface area contributed by atoms with Crippen LogP contribution in [0.3, 0.4) is 0 Å². The Morgan fingerprint density at radius 1 is 1.12 bits per heavy atom. The number of carbonyl (C=O) groups excluding carboxylic acids is 4. The highest BCUT2D eigenvalue weighted by Crippen LogP contribution is 2.38. The second-order valence-electron chi connectivity index (χ2n) is 8.34. The van der Waals surface area contributed by atoms with Crippen LogP contribution in [0, 0.1) is 10.1 Å². The van der Waals surface area contributed by atoms with Gasteiger partial charge in [-0.05, 0) is 77.0 Å². The molecular formula is C27H20BrClN4O8. The van der Waals surface area contributed by atoms with Gasteiger partial charge in [0.2, 0.25) is 0 Å². The number of nitro benzene ring substituents is 1. The van der Waals surface area contributed by atoms with E-state index in [1.165, 1.54) is 36.4 Å². The van der Waals surface area contributed by atoms with Gasteiger partial charge in [-0.2, -0.15) is 0 Å². The van der Waals surface area contributed by atoms with Crippen LogP contribution in [-0.2, 0) is 14.4 Å². The third-order valence-electron chi connectivity index (χ3n) is 5.52. The minimum Gasteiger partial charge on any atom is -0.490 e. The summed E-state index contributed by atoms with van der Waals surface area (Å²) in [6.07, 6.45) is 1.23. The van der Waals surface area contributed by atoms with Crippen molar-refractivity contribution in [3.8, 4) is 11.5 Å². The maximum Gasteiger partial charge on any atom is 0.335 e. The summed E-state index contributed by atoms with van der Waals surface area (Å²) in [4.78, 5) is 61.8. The van der Waals surface area contributed by atoms with E-state index in [-0.39, 0.29) is 36.1 Å². The number of amides is 5. The summed E-state index contributed by atoms with van der Waals surface area (Å²) >= 11 is 9.23. The average molecular weight is 644 g/mol. The zero-order chi connectivity index (χ0) is 29.7. The molecule has 3 aromatic carbocycles. The molecule has 0 aromatic heterocycles. The Kier molecular flexibility index (Phi) is 9.00. The third kappa shape index (κ3) is 6.88. The summed E-state index contributed by atoms with van der Waals surface area (Å²) < 4.78 is 11.7. The molecule has 14 heteroatoms. The van der Waals surface area contributed by atoms with Crippen molar-refractivity contribution < 1.29 is 33.6 Å². The lowest BCUT2D eigenvalue weighted by Gasteiger charge is -2.26. The number of rotatable bonds is 9. The number of hydrogen-bond donors (Lipinski definition) is 2. The minimum absolute atomic E-state index is 0.0862. The Morgan fingerprint density at radius 2 is 1.85 bits per heavy atom. The molecule has 0 saturated carbocycles. The highest BCUT2D eigenvalue weighted by Gasteiger charge is 2.37. The van der Waals surface area contributed by atoms with Crippen molar-refractivity contribution in [1.82, 2.24) is 5.32 Å².